The zero-order chi connectivity index (χ0) is 20.1. The van der Waals surface area contributed by atoms with Gasteiger partial charge in [-0.05, 0) is 61.4 Å². The number of esters is 1. The van der Waals surface area contributed by atoms with Crippen LogP contribution in [0.15, 0.2) is 53.4 Å². The number of ketones is 1. The maximum absolute atomic E-state index is 12.5. The number of hydrogen-bond acceptors (Lipinski definition) is 6. The van der Waals surface area contributed by atoms with Gasteiger partial charge in [-0.2, -0.15) is 4.31 Å². The molecule has 1 heterocycles. The molecule has 0 aliphatic carbocycles. The van der Waals surface area contributed by atoms with E-state index < -0.39 is 22.6 Å². The van der Waals surface area contributed by atoms with E-state index >= 15 is 0 Å². The number of carbonyl (C=O) groups excluding carboxylic acids is 2. The van der Waals surface area contributed by atoms with Crippen LogP contribution in [0.25, 0.3) is 0 Å². The van der Waals surface area contributed by atoms with Gasteiger partial charge in [0.15, 0.2) is 12.4 Å². The SMILES string of the molecule is COc1ccc(C(=O)COC(=O)c2ccc(S(=O)(=O)N3CCCC3)cc2)cc1. The second-order valence-electron chi connectivity index (χ2n) is 6.36. The van der Waals surface area contributed by atoms with Gasteiger partial charge in [0.05, 0.1) is 17.6 Å². The summed E-state index contributed by atoms with van der Waals surface area (Å²) in [7, 11) is -2.00. The van der Waals surface area contributed by atoms with E-state index in [1.165, 1.54) is 35.7 Å². The highest BCUT2D eigenvalue weighted by Crippen LogP contribution is 2.21. The Kier molecular flexibility index (Phi) is 6.11. The Morgan fingerprint density at radius 1 is 0.929 bits per heavy atom. The lowest BCUT2D eigenvalue weighted by atomic mass is 10.1. The van der Waals surface area contributed by atoms with Crippen LogP contribution in [0.4, 0.5) is 0 Å². The highest BCUT2D eigenvalue weighted by atomic mass is 32.2. The summed E-state index contributed by atoms with van der Waals surface area (Å²) < 4.78 is 36.5. The van der Waals surface area contributed by atoms with Gasteiger partial charge in [-0.15, -0.1) is 0 Å². The molecular formula is C20H21NO6S. The van der Waals surface area contributed by atoms with Gasteiger partial charge in [0.25, 0.3) is 0 Å². The lowest BCUT2D eigenvalue weighted by Gasteiger charge is -2.15. The van der Waals surface area contributed by atoms with Gasteiger partial charge in [-0.1, -0.05) is 0 Å². The third kappa shape index (κ3) is 4.40. The van der Waals surface area contributed by atoms with Crippen molar-refractivity contribution in [2.45, 2.75) is 17.7 Å². The van der Waals surface area contributed by atoms with E-state index in [1.54, 1.807) is 24.3 Å². The number of sulfonamides is 1. The molecule has 28 heavy (non-hydrogen) atoms. The van der Waals surface area contributed by atoms with Gasteiger partial charge in [0.1, 0.15) is 5.75 Å². The fourth-order valence-electron chi connectivity index (χ4n) is 2.92. The fraction of sp³-hybridized carbons (Fsp3) is 0.300. The summed E-state index contributed by atoms with van der Waals surface area (Å²) in [6, 6.07) is 12.0. The fourth-order valence-corrected chi connectivity index (χ4v) is 4.43. The maximum atomic E-state index is 12.5. The highest BCUT2D eigenvalue weighted by molar-refractivity contribution is 7.89. The third-order valence-corrected chi connectivity index (χ3v) is 6.45. The van der Waals surface area contributed by atoms with E-state index in [0.29, 0.717) is 24.4 Å². The molecule has 0 radical (unpaired) electrons. The molecule has 0 amide bonds. The molecule has 1 aliphatic rings. The average Bonchev–Trinajstić information content (AvgIpc) is 3.28. The lowest BCUT2D eigenvalue weighted by Crippen LogP contribution is -2.27. The summed E-state index contributed by atoms with van der Waals surface area (Å²) in [6.45, 7) is 0.623. The molecule has 0 unspecified atom stereocenters. The number of hydrogen-bond donors (Lipinski definition) is 0. The average molecular weight is 403 g/mol. The Hall–Kier alpha value is -2.71. The topological polar surface area (TPSA) is 90.0 Å². The van der Waals surface area contributed by atoms with Crippen LogP contribution in [0.2, 0.25) is 0 Å². The summed E-state index contributed by atoms with van der Waals surface area (Å²) in [5, 5.41) is 0. The van der Waals surface area contributed by atoms with Gasteiger partial charge in [0, 0.05) is 18.7 Å². The quantitative estimate of drug-likeness (QED) is 0.521. The van der Waals surface area contributed by atoms with Crippen LogP contribution in [0.5, 0.6) is 5.75 Å². The van der Waals surface area contributed by atoms with Crippen LogP contribution in [-0.2, 0) is 14.8 Å². The van der Waals surface area contributed by atoms with Crippen molar-refractivity contribution in [2.24, 2.45) is 0 Å². The van der Waals surface area contributed by atoms with Crippen molar-refractivity contribution < 1.29 is 27.5 Å². The molecule has 1 saturated heterocycles. The lowest BCUT2D eigenvalue weighted by molar-refractivity contribution is 0.0474. The normalized spacial score (nSPS) is 14.6. The number of benzene rings is 2. The van der Waals surface area contributed by atoms with Crippen LogP contribution in [0.3, 0.4) is 0 Å². The number of nitrogens with zero attached hydrogens (tertiary/aromatic N) is 1. The first-order valence-corrected chi connectivity index (χ1v) is 10.3. The molecule has 7 nitrogen and oxygen atoms in total. The largest absolute Gasteiger partial charge is 0.497 e. The van der Waals surface area contributed by atoms with Crippen LogP contribution in [-0.4, -0.2) is 51.3 Å². The molecule has 8 heteroatoms. The van der Waals surface area contributed by atoms with Gasteiger partial charge in [-0.25, -0.2) is 13.2 Å². The van der Waals surface area contributed by atoms with Crippen molar-refractivity contribution in [1.29, 1.82) is 0 Å². The standard InChI is InChI=1S/C20H21NO6S/c1-26-17-8-4-15(5-9-17)19(22)14-27-20(23)16-6-10-18(11-7-16)28(24,25)21-12-2-3-13-21/h4-11H,2-3,12-14H2,1H3. The van der Waals surface area contributed by atoms with Crippen molar-refractivity contribution in [3.63, 3.8) is 0 Å². The summed E-state index contributed by atoms with van der Waals surface area (Å²) in [5.74, 6) is -0.409. The van der Waals surface area contributed by atoms with Crippen LogP contribution in [0.1, 0.15) is 33.6 Å². The van der Waals surface area contributed by atoms with Gasteiger partial charge in [0.2, 0.25) is 10.0 Å². The first-order valence-electron chi connectivity index (χ1n) is 8.86. The van der Waals surface area contributed by atoms with Crippen molar-refractivity contribution >= 4 is 21.8 Å². The Balaban J connectivity index is 1.60. The molecule has 0 N–H and O–H groups in total. The maximum Gasteiger partial charge on any atom is 0.338 e. The highest BCUT2D eigenvalue weighted by Gasteiger charge is 2.27. The van der Waals surface area contributed by atoms with Crippen LogP contribution >= 0.6 is 0 Å². The molecule has 1 aliphatic heterocycles. The number of Topliss-reactive ketones (excluding diaryl/α,β-unsaturated/α-hetero) is 1. The first-order chi connectivity index (χ1) is 13.4. The van der Waals surface area contributed by atoms with Crippen molar-refractivity contribution in [1.82, 2.24) is 4.31 Å². The van der Waals surface area contributed by atoms with Crippen molar-refractivity contribution in [2.75, 3.05) is 26.8 Å². The number of ether oxygens (including phenoxy) is 2. The Morgan fingerprint density at radius 2 is 1.50 bits per heavy atom. The molecule has 0 atom stereocenters. The Bertz CT molecular complexity index is 945. The second-order valence-corrected chi connectivity index (χ2v) is 8.30. The summed E-state index contributed by atoms with van der Waals surface area (Å²) in [6.07, 6.45) is 1.71. The molecule has 1 fully saturated rings. The Morgan fingerprint density at radius 3 is 2.07 bits per heavy atom. The molecule has 2 aromatic rings. The zero-order valence-corrected chi connectivity index (χ0v) is 16.3. The van der Waals surface area contributed by atoms with E-state index in [-0.39, 0.29) is 16.2 Å². The van der Waals surface area contributed by atoms with Crippen molar-refractivity contribution in [3.8, 4) is 5.75 Å². The second kappa shape index (κ2) is 8.53. The van der Waals surface area contributed by atoms with Crippen LogP contribution in [0, 0.1) is 0 Å². The van der Waals surface area contributed by atoms with Gasteiger partial charge < -0.3 is 9.47 Å². The molecule has 148 valence electrons. The van der Waals surface area contributed by atoms with E-state index in [0.717, 1.165) is 12.8 Å². The monoisotopic (exact) mass is 403 g/mol. The van der Waals surface area contributed by atoms with Crippen LogP contribution < -0.4 is 4.74 Å². The molecular weight excluding hydrogens is 382 g/mol. The van der Waals surface area contributed by atoms with E-state index in [1.807, 2.05) is 0 Å². The number of rotatable bonds is 7. The minimum Gasteiger partial charge on any atom is -0.497 e. The first kappa shape index (κ1) is 20.0. The van der Waals surface area contributed by atoms with Gasteiger partial charge >= 0.3 is 5.97 Å². The minimum atomic E-state index is -3.53. The molecule has 2 aromatic carbocycles. The van der Waals surface area contributed by atoms with Gasteiger partial charge in [-0.3, -0.25) is 4.79 Å². The molecule has 0 bridgehead atoms. The molecule has 0 saturated carbocycles. The Labute approximate surface area is 163 Å². The van der Waals surface area contributed by atoms with E-state index in [9.17, 15) is 18.0 Å². The summed E-state index contributed by atoms with van der Waals surface area (Å²) in [5.41, 5.74) is 0.587. The molecule has 3 rings (SSSR count). The van der Waals surface area contributed by atoms with E-state index in [2.05, 4.69) is 0 Å². The zero-order valence-electron chi connectivity index (χ0n) is 15.5. The minimum absolute atomic E-state index is 0.139. The summed E-state index contributed by atoms with van der Waals surface area (Å²) in [4.78, 5) is 24.4. The molecule has 0 aromatic heterocycles. The smallest absolute Gasteiger partial charge is 0.338 e. The predicted molar refractivity (Wildman–Crippen MR) is 102 cm³/mol. The van der Waals surface area contributed by atoms with E-state index in [4.69, 9.17) is 9.47 Å². The number of methoxy groups -OCH3 is 1. The predicted octanol–water partition coefficient (Wildman–Crippen LogP) is 2.52. The third-order valence-electron chi connectivity index (χ3n) is 4.54. The molecule has 0 spiro atoms. The summed E-state index contributed by atoms with van der Waals surface area (Å²) >= 11 is 0. The van der Waals surface area contributed by atoms with Crippen molar-refractivity contribution in [3.05, 3.63) is 59.7 Å². The number of carbonyl (C=O) groups is 2.